The fraction of sp³-hybridized carbons (Fsp3) is 0.161. The van der Waals surface area contributed by atoms with Crippen LogP contribution in [-0.4, -0.2) is 38.5 Å². The van der Waals surface area contributed by atoms with Gasteiger partial charge in [0.05, 0.1) is 24.8 Å². The molecule has 0 spiro atoms. The van der Waals surface area contributed by atoms with E-state index in [0.29, 0.717) is 34.3 Å². The monoisotopic (exact) mass is 591 g/mol. The van der Waals surface area contributed by atoms with E-state index in [9.17, 15) is 13.2 Å². The molecule has 0 aliphatic carbocycles. The number of hydrogen-bond acceptors (Lipinski definition) is 6. The zero-order valence-electron chi connectivity index (χ0n) is 22.7. The van der Waals surface area contributed by atoms with Crippen LogP contribution in [0.1, 0.15) is 22.3 Å². The molecule has 0 radical (unpaired) electrons. The molecule has 0 aliphatic rings. The molecular weight excluding hydrogens is 562 g/mol. The maximum atomic E-state index is 13.5. The van der Waals surface area contributed by atoms with Crippen LogP contribution >= 0.6 is 11.6 Å². The number of nitrogens with zero attached hydrogens (tertiary/aromatic N) is 2. The van der Waals surface area contributed by atoms with E-state index in [4.69, 9.17) is 21.1 Å². The Bertz CT molecular complexity index is 1610. The van der Waals surface area contributed by atoms with Crippen LogP contribution < -0.4 is 14.9 Å². The van der Waals surface area contributed by atoms with Crippen molar-refractivity contribution < 1.29 is 22.7 Å². The molecular formula is C31H30ClN3O5S. The lowest BCUT2D eigenvalue weighted by atomic mass is 10.2. The zero-order valence-corrected chi connectivity index (χ0v) is 24.2. The molecule has 0 saturated carbocycles. The molecule has 10 heteroatoms. The molecule has 0 heterocycles. The number of methoxy groups -OCH3 is 1. The van der Waals surface area contributed by atoms with Crippen molar-refractivity contribution in [1.82, 2.24) is 9.73 Å². The predicted molar refractivity (Wildman–Crippen MR) is 160 cm³/mol. The molecule has 0 bridgehead atoms. The van der Waals surface area contributed by atoms with Gasteiger partial charge in [-0.15, -0.1) is 0 Å². The summed E-state index contributed by atoms with van der Waals surface area (Å²) >= 11 is 6.30. The summed E-state index contributed by atoms with van der Waals surface area (Å²) in [6.07, 6.45) is 1.44. The Kier molecular flexibility index (Phi) is 10.1. The van der Waals surface area contributed by atoms with E-state index in [2.05, 4.69) is 10.5 Å². The SMILES string of the molecule is COc1cc(/C=N\NC(=O)CN(Cc2ccccc2Cl)S(=O)(=O)c2ccc(C)cc2)ccc1OCc1ccccc1. The Morgan fingerprint density at radius 2 is 1.66 bits per heavy atom. The van der Waals surface area contributed by atoms with Crippen LogP contribution in [-0.2, 0) is 28.0 Å². The Labute approximate surface area is 245 Å². The third kappa shape index (κ3) is 8.17. The molecule has 4 aromatic carbocycles. The molecule has 0 saturated heterocycles. The van der Waals surface area contributed by atoms with Gasteiger partial charge in [-0.1, -0.05) is 77.8 Å². The average molecular weight is 592 g/mol. The number of benzene rings is 4. The summed E-state index contributed by atoms with van der Waals surface area (Å²) in [5.74, 6) is 0.458. The smallest absolute Gasteiger partial charge is 0.255 e. The third-order valence-corrected chi connectivity index (χ3v) is 8.29. The molecule has 4 aromatic rings. The standard InChI is InChI=1S/C31H30ClN3O5S/c1-23-12-15-27(16-13-23)41(37,38)35(20-26-10-6-7-11-28(26)32)21-31(36)34-33-19-25-14-17-29(30(18-25)39-2)40-22-24-8-4-3-5-9-24/h3-19H,20-22H2,1-2H3,(H,34,36)/b33-19-. The lowest BCUT2D eigenvalue weighted by Gasteiger charge is -2.22. The number of aryl methyl sites for hydroxylation is 1. The van der Waals surface area contributed by atoms with Crippen LogP contribution in [0.25, 0.3) is 0 Å². The predicted octanol–water partition coefficient (Wildman–Crippen LogP) is 5.58. The van der Waals surface area contributed by atoms with Gasteiger partial charge in [0.15, 0.2) is 11.5 Å². The largest absolute Gasteiger partial charge is 0.493 e. The molecule has 0 atom stereocenters. The van der Waals surface area contributed by atoms with Crippen molar-refractivity contribution in [1.29, 1.82) is 0 Å². The van der Waals surface area contributed by atoms with Gasteiger partial charge in [0.1, 0.15) is 6.61 Å². The highest BCUT2D eigenvalue weighted by molar-refractivity contribution is 7.89. The summed E-state index contributed by atoms with van der Waals surface area (Å²) in [4.78, 5) is 12.9. The van der Waals surface area contributed by atoms with E-state index in [-0.39, 0.29) is 11.4 Å². The summed E-state index contributed by atoms with van der Waals surface area (Å²) in [6, 6.07) is 28.4. The number of sulfonamides is 1. The minimum atomic E-state index is -4.01. The number of rotatable bonds is 12. The first kappa shape index (κ1) is 29.8. The minimum Gasteiger partial charge on any atom is -0.493 e. The van der Waals surface area contributed by atoms with Gasteiger partial charge in [-0.2, -0.15) is 9.41 Å². The van der Waals surface area contributed by atoms with Crippen molar-refractivity contribution in [2.45, 2.75) is 25.0 Å². The molecule has 4 rings (SSSR count). The van der Waals surface area contributed by atoms with Gasteiger partial charge in [0.25, 0.3) is 5.91 Å². The minimum absolute atomic E-state index is 0.0770. The van der Waals surface area contributed by atoms with Gasteiger partial charge in [-0.25, -0.2) is 13.8 Å². The quantitative estimate of drug-likeness (QED) is 0.171. The fourth-order valence-corrected chi connectivity index (χ4v) is 5.47. The van der Waals surface area contributed by atoms with E-state index < -0.39 is 22.5 Å². The molecule has 41 heavy (non-hydrogen) atoms. The number of ether oxygens (including phenoxy) is 2. The fourth-order valence-electron chi connectivity index (χ4n) is 3.90. The van der Waals surface area contributed by atoms with Crippen LogP contribution in [0.2, 0.25) is 5.02 Å². The van der Waals surface area contributed by atoms with Crippen molar-refractivity contribution in [3.8, 4) is 11.5 Å². The van der Waals surface area contributed by atoms with Gasteiger partial charge in [0, 0.05) is 11.6 Å². The lowest BCUT2D eigenvalue weighted by molar-refractivity contribution is -0.121. The van der Waals surface area contributed by atoms with E-state index >= 15 is 0 Å². The number of halogens is 1. The van der Waals surface area contributed by atoms with Crippen molar-refractivity contribution in [2.24, 2.45) is 5.10 Å². The number of hydrogen-bond donors (Lipinski definition) is 1. The maximum Gasteiger partial charge on any atom is 0.255 e. The molecule has 0 unspecified atom stereocenters. The molecule has 0 aliphatic heterocycles. The van der Waals surface area contributed by atoms with Crippen molar-refractivity contribution in [3.05, 3.63) is 124 Å². The summed E-state index contributed by atoms with van der Waals surface area (Å²) < 4.78 is 39.4. The topological polar surface area (TPSA) is 97.3 Å². The Morgan fingerprint density at radius 1 is 0.951 bits per heavy atom. The number of nitrogens with one attached hydrogen (secondary N) is 1. The molecule has 8 nitrogen and oxygen atoms in total. The Balaban J connectivity index is 1.44. The van der Waals surface area contributed by atoms with Crippen molar-refractivity contribution in [3.63, 3.8) is 0 Å². The van der Waals surface area contributed by atoms with E-state index in [1.165, 1.54) is 25.5 Å². The lowest BCUT2D eigenvalue weighted by Crippen LogP contribution is -2.39. The summed E-state index contributed by atoms with van der Waals surface area (Å²) in [5.41, 5.74) is 5.57. The van der Waals surface area contributed by atoms with Crippen LogP contribution in [0.3, 0.4) is 0 Å². The highest BCUT2D eigenvalue weighted by Crippen LogP contribution is 2.28. The number of carbonyl (C=O) groups is 1. The molecule has 0 aromatic heterocycles. The normalized spacial score (nSPS) is 11.5. The van der Waals surface area contributed by atoms with Crippen LogP contribution in [0, 0.1) is 6.92 Å². The Hall–Kier alpha value is -4.18. The van der Waals surface area contributed by atoms with Crippen molar-refractivity contribution in [2.75, 3.05) is 13.7 Å². The Morgan fingerprint density at radius 3 is 2.37 bits per heavy atom. The first-order valence-corrected chi connectivity index (χ1v) is 14.5. The second-order valence-electron chi connectivity index (χ2n) is 9.16. The van der Waals surface area contributed by atoms with Crippen LogP contribution in [0.5, 0.6) is 11.5 Å². The molecule has 1 N–H and O–H groups in total. The van der Waals surface area contributed by atoms with Gasteiger partial charge in [-0.05, 0) is 60.0 Å². The average Bonchev–Trinajstić information content (AvgIpc) is 2.98. The molecule has 0 fully saturated rings. The highest BCUT2D eigenvalue weighted by Gasteiger charge is 2.27. The van der Waals surface area contributed by atoms with Crippen LogP contribution in [0.15, 0.2) is 107 Å². The third-order valence-electron chi connectivity index (χ3n) is 6.11. The van der Waals surface area contributed by atoms with E-state index in [0.717, 1.165) is 15.4 Å². The summed E-state index contributed by atoms with van der Waals surface area (Å²) in [6.45, 7) is 1.70. The second kappa shape index (κ2) is 13.9. The first-order chi connectivity index (χ1) is 19.8. The van der Waals surface area contributed by atoms with Gasteiger partial charge >= 0.3 is 0 Å². The van der Waals surface area contributed by atoms with Gasteiger partial charge in [0.2, 0.25) is 10.0 Å². The molecule has 212 valence electrons. The first-order valence-electron chi connectivity index (χ1n) is 12.7. The van der Waals surface area contributed by atoms with Crippen LogP contribution in [0.4, 0.5) is 0 Å². The van der Waals surface area contributed by atoms with Gasteiger partial charge < -0.3 is 9.47 Å². The maximum absolute atomic E-state index is 13.5. The number of hydrazone groups is 1. The number of amides is 1. The zero-order chi connectivity index (χ0) is 29.2. The van der Waals surface area contributed by atoms with Crippen molar-refractivity contribution >= 4 is 33.7 Å². The van der Waals surface area contributed by atoms with E-state index in [1.54, 1.807) is 54.6 Å². The second-order valence-corrected chi connectivity index (χ2v) is 11.5. The highest BCUT2D eigenvalue weighted by atomic mass is 35.5. The van der Waals surface area contributed by atoms with Gasteiger partial charge in [-0.3, -0.25) is 4.79 Å². The summed E-state index contributed by atoms with van der Waals surface area (Å²) in [7, 11) is -2.48. The number of carbonyl (C=O) groups excluding carboxylic acids is 1. The van der Waals surface area contributed by atoms with E-state index in [1.807, 2.05) is 37.3 Å². The summed E-state index contributed by atoms with van der Waals surface area (Å²) in [5, 5.41) is 4.42. The molecule has 1 amide bonds.